The lowest BCUT2D eigenvalue weighted by molar-refractivity contribution is -0.134. The second-order valence-electron chi connectivity index (χ2n) is 6.19. The first-order valence-electron chi connectivity index (χ1n) is 7.73. The van der Waals surface area contributed by atoms with Gasteiger partial charge in [0, 0.05) is 6.04 Å². The summed E-state index contributed by atoms with van der Waals surface area (Å²) in [4.78, 5) is 37.0. The highest BCUT2D eigenvalue weighted by molar-refractivity contribution is 6.08. The van der Waals surface area contributed by atoms with E-state index in [1.165, 1.54) is 0 Å². The number of nitrogens with zero attached hydrogens (tertiary/aromatic N) is 1. The summed E-state index contributed by atoms with van der Waals surface area (Å²) in [5.41, 5.74) is -0.872. The van der Waals surface area contributed by atoms with Crippen LogP contribution in [0.1, 0.15) is 59.8 Å². The molecule has 0 spiro atoms. The van der Waals surface area contributed by atoms with E-state index in [1.807, 2.05) is 13.8 Å². The predicted octanol–water partition coefficient (Wildman–Crippen LogP) is 1.79. The molecular weight excluding hydrogens is 270 g/mol. The number of imide groups is 1. The Morgan fingerprint density at radius 1 is 1.29 bits per heavy atom. The summed E-state index contributed by atoms with van der Waals surface area (Å²) >= 11 is 0. The van der Waals surface area contributed by atoms with Crippen molar-refractivity contribution in [2.45, 2.75) is 71.4 Å². The molecule has 1 aliphatic rings. The number of nitrogens with one attached hydrogen (secondary N) is 2. The molecule has 0 aromatic heterocycles. The van der Waals surface area contributed by atoms with Crippen LogP contribution in [0.2, 0.25) is 0 Å². The molecule has 120 valence electrons. The van der Waals surface area contributed by atoms with Crippen molar-refractivity contribution < 1.29 is 14.4 Å². The first-order chi connectivity index (χ1) is 9.80. The largest absolute Gasteiger partial charge is 0.352 e. The van der Waals surface area contributed by atoms with Crippen LogP contribution in [0, 0.1) is 0 Å². The van der Waals surface area contributed by atoms with Crippen LogP contribution >= 0.6 is 0 Å². The molecule has 1 saturated heterocycles. The van der Waals surface area contributed by atoms with Crippen LogP contribution in [-0.2, 0) is 9.59 Å². The molecule has 0 saturated carbocycles. The van der Waals surface area contributed by atoms with E-state index in [4.69, 9.17) is 0 Å². The Balaban J connectivity index is 2.59. The Hall–Kier alpha value is -1.59. The number of hydrogen-bond donors (Lipinski definition) is 2. The van der Waals surface area contributed by atoms with Gasteiger partial charge in [0.15, 0.2) is 0 Å². The fourth-order valence-corrected chi connectivity index (χ4v) is 2.48. The van der Waals surface area contributed by atoms with Crippen LogP contribution < -0.4 is 10.6 Å². The smallest absolute Gasteiger partial charge is 0.325 e. The summed E-state index contributed by atoms with van der Waals surface area (Å²) < 4.78 is 0. The van der Waals surface area contributed by atoms with E-state index in [1.54, 1.807) is 6.92 Å². The summed E-state index contributed by atoms with van der Waals surface area (Å²) in [6.07, 6.45) is 4.79. The maximum Gasteiger partial charge on any atom is 0.325 e. The topological polar surface area (TPSA) is 78.5 Å². The summed E-state index contributed by atoms with van der Waals surface area (Å²) in [5.74, 6) is -0.619. The minimum absolute atomic E-state index is 0.0151. The van der Waals surface area contributed by atoms with Crippen LogP contribution in [0.5, 0.6) is 0 Å². The van der Waals surface area contributed by atoms with Crippen molar-refractivity contribution in [1.82, 2.24) is 15.5 Å². The molecule has 0 aliphatic carbocycles. The molecule has 1 fully saturated rings. The van der Waals surface area contributed by atoms with Crippen molar-refractivity contribution in [3.63, 3.8) is 0 Å². The Morgan fingerprint density at radius 3 is 2.52 bits per heavy atom. The third-order valence-corrected chi connectivity index (χ3v) is 3.63. The van der Waals surface area contributed by atoms with Gasteiger partial charge in [-0.15, -0.1) is 0 Å². The molecule has 6 heteroatoms. The van der Waals surface area contributed by atoms with E-state index in [-0.39, 0.29) is 24.4 Å². The van der Waals surface area contributed by atoms with Crippen molar-refractivity contribution in [3.8, 4) is 0 Å². The number of amides is 4. The number of urea groups is 1. The molecule has 21 heavy (non-hydrogen) atoms. The van der Waals surface area contributed by atoms with Crippen molar-refractivity contribution in [1.29, 1.82) is 0 Å². The van der Waals surface area contributed by atoms with Crippen LogP contribution in [0.3, 0.4) is 0 Å². The average molecular weight is 297 g/mol. The van der Waals surface area contributed by atoms with Gasteiger partial charge < -0.3 is 10.6 Å². The van der Waals surface area contributed by atoms with E-state index >= 15 is 0 Å². The molecule has 4 amide bonds. The van der Waals surface area contributed by atoms with Crippen molar-refractivity contribution in [2.75, 3.05) is 6.54 Å². The maximum absolute atomic E-state index is 12.4. The molecule has 0 radical (unpaired) electrons. The SMILES string of the molecule is CCCCCCC1(C)NC(=O)N(CC(=O)NC(C)C)C1=O. The highest BCUT2D eigenvalue weighted by Crippen LogP contribution is 2.23. The molecule has 1 heterocycles. The van der Waals surface area contributed by atoms with Crippen LogP contribution in [0.4, 0.5) is 4.79 Å². The first-order valence-corrected chi connectivity index (χ1v) is 7.73. The number of rotatable bonds is 8. The van der Waals surface area contributed by atoms with Gasteiger partial charge >= 0.3 is 6.03 Å². The van der Waals surface area contributed by atoms with Gasteiger partial charge in [-0.1, -0.05) is 32.6 Å². The Labute approximate surface area is 126 Å². The molecule has 0 aromatic rings. The summed E-state index contributed by atoms with van der Waals surface area (Å²) in [5, 5.41) is 5.41. The highest BCUT2D eigenvalue weighted by atomic mass is 16.2. The van der Waals surface area contributed by atoms with E-state index in [9.17, 15) is 14.4 Å². The predicted molar refractivity (Wildman–Crippen MR) is 80.7 cm³/mol. The third-order valence-electron chi connectivity index (χ3n) is 3.63. The molecule has 1 atom stereocenters. The van der Waals surface area contributed by atoms with Gasteiger partial charge in [-0.25, -0.2) is 4.79 Å². The second-order valence-corrected chi connectivity index (χ2v) is 6.19. The van der Waals surface area contributed by atoms with Gasteiger partial charge in [0.05, 0.1) is 0 Å². The molecule has 6 nitrogen and oxygen atoms in total. The first kappa shape index (κ1) is 17.5. The molecule has 1 unspecified atom stereocenters. The fraction of sp³-hybridized carbons (Fsp3) is 0.800. The van der Waals surface area contributed by atoms with Crippen molar-refractivity contribution in [2.24, 2.45) is 0 Å². The molecule has 1 rings (SSSR count). The highest BCUT2D eigenvalue weighted by Gasteiger charge is 2.47. The lowest BCUT2D eigenvalue weighted by atomic mass is 9.94. The molecular formula is C15H27N3O3. The van der Waals surface area contributed by atoms with Gasteiger partial charge in [-0.05, 0) is 27.2 Å². The van der Waals surface area contributed by atoms with Gasteiger partial charge in [0.2, 0.25) is 5.91 Å². The number of carbonyl (C=O) groups excluding carboxylic acids is 3. The van der Waals surface area contributed by atoms with E-state index in [2.05, 4.69) is 17.6 Å². The van der Waals surface area contributed by atoms with Gasteiger partial charge in [0.25, 0.3) is 5.91 Å². The standard InChI is InChI=1S/C15H27N3O3/c1-5-6-7-8-9-15(4)13(20)18(14(21)17-15)10-12(19)16-11(2)3/h11H,5-10H2,1-4H3,(H,16,19)(H,17,21). The lowest BCUT2D eigenvalue weighted by Gasteiger charge is -2.21. The van der Waals surface area contributed by atoms with Crippen LogP contribution in [0.15, 0.2) is 0 Å². The molecule has 0 bridgehead atoms. The third kappa shape index (κ3) is 4.72. The van der Waals surface area contributed by atoms with Crippen LogP contribution in [-0.4, -0.2) is 40.9 Å². The zero-order valence-corrected chi connectivity index (χ0v) is 13.5. The fourth-order valence-electron chi connectivity index (χ4n) is 2.48. The summed E-state index contributed by atoms with van der Waals surface area (Å²) in [6, 6.07) is -0.490. The number of hydrogen-bond acceptors (Lipinski definition) is 3. The Kier molecular flexibility index (Phi) is 6.18. The zero-order valence-electron chi connectivity index (χ0n) is 13.5. The normalized spacial score (nSPS) is 21.9. The minimum Gasteiger partial charge on any atom is -0.352 e. The minimum atomic E-state index is -0.872. The van der Waals surface area contributed by atoms with Gasteiger partial charge in [-0.2, -0.15) is 0 Å². The van der Waals surface area contributed by atoms with Crippen molar-refractivity contribution >= 4 is 17.8 Å². The number of carbonyl (C=O) groups is 3. The second kappa shape index (κ2) is 7.43. The Bertz CT molecular complexity index is 409. The summed E-state index contributed by atoms with van der Waals surface area (Å²) in [6.45, 7) is 7.31. The quantitative estimate of drug-likeness (QED) is 0.529. The Morgan fingerprint density at radius 2 is 1.95 bits per heavy atom. The van der Waals surface area contributed by atoms with E-state index in [0.29, 0.717) is 6.42 Å². The number of unbranched alkanes of at least 4 members (excludes halogenated alkanes) is 3. The summed E-state index contributed by atoms with van der Waals surface area (Å²) in [7, 11) is 0. The molecule has 1 aliphatic heterocycles. The molecule has 2 N–H and O–H groups in total. The molecule has 0 aromatic carbocycles. The van der Waals surface area contributed by atoms with Gasteiger partial charge in [0.1, 0.15) is 12.1 Å². The van der Waals surface area contributed by atoms with Crippen LogP contribution in [0.25, 0.3) is 0 Å². The van der Waals surface area contributed by atoms with E-state index < -0.39 is 11.6 Å². The lowest BCUT2D eigenvalue weighted by Crippen LogP contribution is -2.45. The van der Waals surface area contributed by atoms with Crippen molar-refractivity contribution in [3.05, 3.63) is 0 Å². The van der Waals surface area contributed by atoms with E-state index in [0.717, 1.165) is 30.6 Å². The average Bonchev–Trinajstić information content (AvgIpc) is 2.58. The van der Waals surface area contributed by atoms with Gasteiger partial charge in [-0.3, -0.25) is 14.5 Å². The monoisotopic (exact) mass is 297 g/mol. The maximum atomic E-state index is 12.4. The zero-order chi connectivity index (χ0) is 16.0.